The summed E-state index contributed by atoms with van der Waals surface area (Å²) in [4.78, 5) is 23.1. The van der Waals surface area contributed by atoms with Gasteiger partial charge in [-0.05, 0) is 25.1 Å². The molecule has 5 nitrogen and oxygen atoms in total. The van der Waals surface area contributed by atoms with Gasteiger partial charge in [-0.2, -0.15) is 5.10 Å². The zero-order chi connectivity index (χ0) is 12.3. The summed E-state index contributed by atoms with van der Waals surface area (Å²) in [5.74, 6) is 0.157. The Morgan fingerprint density at radius 1 is 1.41 bits per heavy atom. The van der Waals surface area contributed by atoms with Gasteiger partial charge >= 0.3 is 0 Å². The number of furan rings is 1. The van der Waals surface area contributed by atoms with Crippen LogP contribution in [0.5, 0.6) is 0 Å². The fraction of sp³-hybridized carbons (Fsp3) is 0.250. The zero-order valence-electron chi connectivity index (χ0n) is 9.42. The Balaban J connectivity index is 2.19. The summed E-state index contributed by atoms with van der Waals surface area (Å²) >= 11 is 0. The van der Waals surface area contributed by atoms with Crippen LogP contribution in [-0.4, -0.2) is 15.6 Å². The molecule has 0 bridgehead atoms. The lowest BCUT2D eigenvalue weighted by Crippen LogP contribution is -2.22. The predicted molar refractivity (Wildman–Crippen MR) is 60.9 cm³/mol. The molecule has 0 saturated heterocycles. The van der Waals surface area contributed by atoms with Crippen molar-refractivity contribution in [1.82, 2.24) is 9.78 Å². The van der Waals surface area contributed by atoms with Gasteiger partial charge in [0.1, 0.15) is 0 Å². The molecule has 0 unspecified atom stereocenters. The van der Waals surface area contributed by atoms with Crippen molar-refractivity contribution in [1.29, 1.82) is 0 Å². The van der Waals surface area contributed by atoms with Crippen molar-refractivity contribution in [2.75, 3.05) is 0 Å². The van der Waals surface area contributed by atoms with Crippen LogP contribution in [0.2, 0.25) is 0 Å². The zero-order valence-corrected chi connectivity index (χ0v) is 9.42. The maximum Gasteiger partial charge on any atom is 0.266 e. The summed E-state index contributed by atoms with van der Waals surface area (Å²) in [5.41, 5.74) is 0.398. The van der Waals surface area contributed by atoms with E-state index < -0.39 is 0 Å². The number of rotatable bonds is 4. The van der Waals surface area contributed by atoms with Gasteiger partial charge in [-0.25, -0.2) is 4.68 Å². The van der Waals surface area contributed by atoms with Crippen LogP contribution in [0.3, 0.4) is 0 Å². The normalized spacial score (nSPS) is 10.4. The molecule has 2 aromatic rings. The molecule has 0 aliphatic rings. The predicted octanol–water partition coefficient (Wildman–Crippen LogP) is 1.28. The third-order valence-electron chi connectivity index (χ3n) is 2.36. The Morgan fingerprint density at radius 3 is 2.88 bits per heavy atom. The van der Waals surface area contributed by atoms with Crippen molar-refractivity contribution in [3.63, 3.8) is 0 Å². The third-order valence-corrected chi connectivity index (χ3v) is 2.36. The Bertz CT molecular complexity index is 570. The minimum Gasteiger partial charge on any atom is -0.461 e. The van der Waals surface area contributed by atoms with Crippen molar-refractivity contribution < 1.29 is 9.21 Å². The number of aryl methyl sites for hydroxylation is 1. The number of aromatic nitrogens is 2. The van der Waals surface area contributed by atoms with Crippen molar-refractivity contribution >= 4 is 5.78 Å². The van der Waals surface area contributed by atoms with Crippen LogP contribution in [-0.2, 0) is 13.0 Å². The topological polar surface area (TPSA) is 65.1 Å². The first kappa shape index (κ1) is 11.3. The van der Waals surface area contributed by atoms with Gasteiger partial charge in [-0.1, -0.05) is 0 Å². The minimum absolute atomic E-state index is 0.133. The molecule has 88 valence electrons. The summed E-state index contributed by atoms with van der Waals surface area (Å²) in [6, 6.07) is 6.25. The molecule has 0 aromatic carbocycles. The minimum atomic E-state index is -0.165. The van der Waals surface area contributed by atoms with E-state index in [0.717, 1.165) is 0 Å². The fourth-order valence-electron chi connectivity index (χ4n) is 1.50. The Kier molecular flexibility index (Phi) is 3.18. The molecule has 0 aliphatic heterocycles. The number of hydrogen-bond donors (Lipinski definition) is 0. The molecular weight excluding hydrogens is 220 g/mol. The van der Waals surface area contributed by atoms with Gasteiger partial charge in [0.15, 0.2) is 5.76 Å². The lowest BCUT2D eigenvalue weighted by molar-refractivity contribution is 0.0965. The molecule has 0 atom stereocenters. The highest BCUT2D eigenvalue weighted by Gasteiger charge is 2.11. The van der Waals surface area contributed by atoms with Gasteiger partial charge < -0.3 is 4.42 Å². The van der Waals surface area contributed by atoms with Crippen molar-refractivity contribution in [2.24, 2.45) is 0 Å². The molecule has 0 amide bonds. The molecular formula is C12H12N2O3. The van der Waals surface area contributed by atoms with E-state index in [1.165, 1.54) is 17.0 Å². The Hall–Kier alpha value is -2.17. The highest BCUT2D eigenvalue weighted by atomic mass is 16.3. The highest BCUT2D eigenvalue weighted by Crippen LogP contribution is 2.05. The molecule has 0 aliphatic carbocycles. The van der Waals surface area contributed by atoms with E-state index in [9.17, 15) is 9.59 Å². The standard InChI is InChI=1S/C12H12N2O3/c1-2-14-12(16)6-5-9(13-14)8-10(15)11-4-3-7-17-11/h3-7H,2,8H2,1H3. The van der Waals surface area contributed by atoms with Crippen LogP contribution in [0.15, 0.2) is 39.7 Å². The Labute approximate surface area is 97.7 Å². The van der Waals surface area contributed by atoms with Crippen LogP contribution < -0.4 is 5.56 Å². The maximum atomic E-state index is 11.7. The SMILES string of the molecule is CCn1nc(CC(=O)c2ccco2)ccc1=O. The fourth-order valence-corrected chi connectivity index (χ4v) is 1.50. The van der Waals surface area contributed by atoms with E-state index >= 15 is 0 Å². The second kappa shape index (κ2) is 4.78. The highest BCUT2D eigenvalue weighted by molar-refractivity contribution is 5.94. The second-order valence-corrected chi connectivity index (χ2v) is 3.56. The van der Waals surface area contributed by atoms with Crippen LogP contribution in [0, 0.1) is 0 Å². The van der Waals surface area contributed by atoms with Crippen LogP contribution in [0.4, 0.5) is 0 Å². The quantitative estimate of drug-likeness (QED) is 0.745. The molecule has 0 radical (unpaired) electrons. The van der Waals surface area contributed by atoms with Gasteiger partial charge in [-0.15, -0.1) is 0 Å². The maximum absolute atomic E-state index is 11.7. The molecule has 2 heterocycles. The van der Waals surface area contributed by atoms with Gasteiger partial charge in [0, 0.05) is 12.6 Å². The van der Waals surface area contributed by atoms with Gasteiger partial charge in [-0.3, -0.25) is 9.59 Å². The lowest BCUT2D eigenvalue weighted by Gasteiger charge is -2.02. The Morgan fingerprint density at radius 2 is 2.24 bits per heavy atom. The van der Waals surface area contributed by atoms with Crippen LogP contribution in [0.25, 0.3) is 0 Å². The van der Waals surface area contributed by atoms with Crippen LogP contribution in [0.1, 0.15) is 23.2 Å². The number of ketones is 1. The molecule has 5 heteroatoms. The first-order chi connectivity index (χ1) is 8.20. The first-order valence-electron chi connectivity index (χ1n) is 5.34. The average Bonchev–Trinajstić information content (AvgIpc) is 2.85. The average molecular weight is 232 g/mol. The number of carbonyl (C=O) groups excluding carboxylic acids is 1. The van der Waals surface area contributed by atoms with Crippen molar-refractivity contribution in [2.45, 2.75) is 19.9 Å². The van der Waals surface area contributed by atoms with Gasteiger partial charge in [0.2, 0.25) is 5.78 Å². The molecule has 2 aromatic heterocycles. The smallest absolute Gasteiger partial charge is 0.266 e. The summed E-state index contributed by atoms with van der Waals surface area (Å²) < 4.78 is 6.33. The summed E-state index contributed by atoms with van der Waals surface area (Å²) in [6.07, 6.45) is 1.58. The van der Waals surface area contributed by atoms with E-state index in [1.807, 2.05) is 6.92 Å². The van der Waals surface area contributed by atoms with E-state index in [1.54, 1.807) is 18.2 Å². The summed E-state index contributed by atoms with van der Waals surface area (Å²) in [7, 11) is 0. The number of hydrogen-bond acceptors (Lipinski definition) is 4. The summed E-state index contributed by atoms with van der Waals surface area (Å²) in [6.45, 7) is 2.31. The molecule has 2 rings (SSSR count). The third kappa shape index (κ3) is 2.50. The van der Waals surface area contributed by atoms with Crippen molar-refractivity contribution in [3.8, 4) is 0 Å². The largest absolute Gasteiger partial charge is 0.461 e. The lowest BCUT2D eigenvalue weighted by atomic mass is 10.2. The molecule has 0 N–H and O–H groups in total. The monoisotopic (exact) mass is 232 g/mol. The van der Waals surface area contributed by atoms with Gasteiger partial charge in [0.25, 0.3) is 5.56 Å². The number of nitrogens with zero attached hydrogens (tertiary/aromatic N) is 2. The molecule has 17 heavy (non-hydrogen) atoms. The number of carbonyl (C=O) groups is 1. The first-order valence-corrected chi connectivity index (χ1v) is 5.34. The van der Waals surface area contributed by atoms with Gasteiger partial charge in [0.05, 0.1) is 18.4 Å². The van der Waals surface area contributed by atoms with E-state index in [2.05, 4.69) is 5.10 Å². The summed E-state index contributed by atoms with van der Waals surface area (Å²) in [5, 5.41) is 4.08. The number of Topliss-reactive ketones (excluding diaryl/α,β-unsaturated/α-hetero) is 1. The second-order valence-electron chi connectivity index (χ2n) is 3.56. The molecule has 0 saturated carbocycles. The molecule has 0 fully saturated rings. The molecule has 0 spiro atoms. The van der Waals surface area contributed by atoms with Crippen molar-refractivity contribution in [3.05, 3.63) is 52.3 Å². The van der Waals surface area contributed by atoms with E-state index in [4.69, 9.17) is 4.42 Å². The van der Waals surface area contributed by atoms with E-state index in [0.29, 0.717) is 18.0 Å². The van der Waals surface area contributed by atoms with Crippen LogP contribution >= 0.6 is 0 Å². The van der Waals surface area contributed by atoms with E-state index in [-0.39, 0.29) is 17.8 Å².